The number of nitrogens with zero attached hydrogens (tertiary/aromatic N) is 2. The molecule has 6 heteroatoms. The number of piperidine rings is 1. The van der Waals surface area contributed by atoms with E-state index in [1.807, 2.05) is 18.9 Å². The Morgan fingerprint density at radius 2 is 2.00 bits per heavy atom. The van der Waals surface area contributed by atoms with E-state index < -0.39 is 0 Å². The maximum atomic E-state index is 11.3. The molecule has 1 fully saturated rings. The van der Waals surface area contributed by atoms with E-state index in [-0.39, 0.29) is 16.7 Å². The van der Waals surface area contributed by atoms with Gasteiger partial charge in [-0.25, -0.2) is 5.01 Å². The molecule has 0 aromatic heterocycles. The van der Waals surface area contributed by atoms with E-state index in [9.17, 15) is 10.1 Å². The van der Waals surface area contributed by atoms with Crippen LogP contribution < -0.4 is 10.2 Å². The van der Waals surface area contributed by atoms with Gasteiger partial charge in [-0.15, -0.1) is 0 Å². The minimum Gasteiger partial charge on any atom is -0.484 e. The summed E-state index contributed by atoms with van der Waals surface area (Å²) < 4.78 is 5.54. The van der Waals surface area contributed by atoms with E-state index in [0.717, 1.165) is 25.9 Å². The highest BCUT2D eigenvalue weighted by Crippen LogP contribution is 2.35. The summed E-state index contributed by atoms with van der Waals surface area (Å²) >= 11 is 0. The zero-order valence-corrected chi connectivity index (χ0v) is 12.0. The monoisotopic (exact) mass is 279 g/mol. The van der Waals surface area contributed by atoms with Gasteiger partial charge in [-0.1, -0.05) is 12.5 Å². The molecule has 0 radical (unpaired) electrons. The van der Waals surface area contributed by atoms with Gasteiger partial charge in [0.25, 0.3) is 0 Å². The molecule has 0 spiro atoms. The lowest BCUT2D eigenvalue weighted by Gasteiger charge is -2.27. The van der Waals surface area contributed by atoms with Crippen LogP contribution in [0.4, 0.5) is 11.4 Å². The Hall–Kier alpha value is -1.82. The summed E-state index contributed by atoms with van der Waals surface area (Å²) in [6.07, 6.45) is 3.35. The Labute approximate surface area is 118 Å². The molecule has 0 aliphatic carbocycles. The molecular formula is C14H21N3O3. The number of nitro benzene ring substituents is 1. The van der Waals surface area contributed by atoms with Crippen molar-refractivity contribution in [1.29, 1.82) is 0 Å². The second kappa shape index (κ2) is 6.56. The zero-order valence-electron chi connectivity index (χ0n) is 12.0. The third kappa shape index (κ3) is 3.60. The van der Waals surface area contributed by atoms with Crippen LogP contribution >= 0.6 is 0 Å². The van der Waals surface area contributed by atoms with E-state index in [0.29, 0.717) is 11.4 Å². The van der Waals surface area contributed by atoms with Gasteiger partial charge in [0.05, 0.1) is 11.0 Å². The van der Waals surface area contributed by atoms with Gasteiger partial charge in [0.2, 0.25) is 0 Å². The molecule has 1 heterocycles. The summed E-state index contributed by atoms with van der Waals surface area (Å²) in [6.45, 7) is 5.53. The van der Waals surface area contributed by atoms with Crippen LogP contribution in [0.15, 0.2) is 18.2 Å². The van der Waals surface area contributed by atoms with Crippen LogP contribution in [-0.4, -0.2) is 29.1 Å². The zero-order chi connectivity index (χ0) is 14.5. The SMILES string of the molecule is CC(C)Oc1cccc(NN2CCCCC2)c1[N+](=O)[O-]. The van der Waals surface area contributed by atoms with Crippen molar-refractivity contribution in [2.75, 3.05) is 18.5 Å². The van der Waals surface area contributed by atoms with Gasteiger partial charge in [-0.2, -0.15) is 0 Å². The Morgan fingerprint density at radius 1 is 1.30 bits per heavy atom. The molecule has 1 saturated heterocycles. The topological polar surface area (TPSA) is 67.6 Å². The summed E-state index contributed by atoms with van der Waals surface area (Å²) in [6, 6.07) is 5.14. The number of anilines is 1. The number of ether oxygens (including phenoxy) is 1. The summed E-state index contributed by atoms with van der Waals surface area (Å²) in [5.41, 5.74) is 3.66. The third-order valence-corrected chi connectivity index (χ3v) is 3.18. The quantitative estimate of drug-likeness (QED) is 0.662. The van der Waals surface area contributed by atoms with Gasteiger partial charge in [0.1, 0.15) is 5.69 Å². The van der Waals surface area contributed by atoms with Crippen LogP contribution in [0.5, 0.6) is 5.75 Å². The van der Waals surface area contributed by atoms with Gasteiger partial charge >= 0.3 is 5.69 Å². The average Bonchev–Trinajstić information content (AvgIpc) is 2.39. The Morgan fingerprint density at radius 3 is 2.60 bits per heavy atom. The number of nitrogens with one attached hydrogen (secondary N) is 1. The Balaban J connectivity index is 2.24. The molecule has 110 valence electrons. The first-order chi connectivity index (χ1) is 9.58. The third-order valence-electron chi connectivity index (χ3n) is 3.18. The minimum absolute atomic E-state index is 0.00627. The molecule has 1 N–H and O–H groups in total. The van der Waals surface area contributed by atoms with E-state index in [2.05, 4.69) is 5.43 Å². The van der Waals surface area contributed by atoms with Gasteiger partial charge < -0.3 is 10.2 Å². The highest BCUT2D eigenvalue weighted by molar-refractivity contribution is 5.68. The summed E-state index contributed by atoms with van der Waals surface area (Å²) in [5.74, 6) is 0.312. The van der Waals surface area contributed by atoms with E-state index >= 15 is 0 Å². The number of nitro groups is 1. The molecule has 0 saturated carbocycles. The molecular weight excluding hydrogens is 258 g/mol. The van der Waals surface area contributed by atoms with Gasteiger partial charge in [0.15, 0.2) is 5.75 Å². The van der Waals surface area contributed by atoms with Crippen molar-refractivity contribution in [2.45, 2.75) is 39.2 Å². The van der Waals surface area contributed by atoms with Crippen LogP contribution in [0.25, 0.3) is 0 Å². The van der Waals surface area contributed by atoms with Crippen LogP contribution in [0.1, 0.15) is 33.1 Å². The average molecular weight is 279 g/mol. The molecule has 2 rings (SSSR count). The maximum Gasteiger partial charge on any atom is 0.335 e. The minimum atomic E-state index is -0.385. The number of benzene rings is 1. The smallest absolute Gasteiger partial charge is 0.335 e. The first kappa shape index (κ1) is 14.6. The van der Waals surface area contributed by atoms with Crippen LogP contribution in [-0.2, 0) is 0 Å². The molecule has 1 aromatic rings. The van der Waals surface area contributed by atoms with Crippen molar-refractivity contribution in [3.8, 4) is 5.75 Å². The fraction of sp³-hybridized carbons (Fsp3) is 0.571. The number of hydrogen-bond acceptors (Lipinski definition) is 5. The summed E-state index contributed by atoms with van der Waals surface area (Å²) in [4.78, 5) is 10.9. The number of para-hydroxylation sites is 1. The molecule has 0 amide bonds. The lowest BCUT2D eigenvalue weighted by atomic mass is 10.2. The largest absolute Gasteiger partial charge is 0.484 e. The van der Waals surface area contributed by atoms with Crippen LogP contribution in [0.3, 0.4) is 0 Å². The van der Waals surface area contributed by atoms with Gasteiger partial charge in [-0.3, -0.25) is 10.1 Å². The molecule has 6 nitrogen and oxygen atoms in total. The highest BCUT2D eigenvalue weighted by atomic mass is 16.6. The van der Waals surface area contributed by atoms with Crippen LogP contribution in [0.2, 0.25) is 0 Å². The highest BCUT2D eigenvalue weighted by Gasteiger charge is 2.23. The lowest BCUT2D eigenvalue weighted by Crippen LogP contribution is -2.35. The Bertz CT molecular complexity index is 471. The fourth-order valence-corrected chi connectivity index (χ4v) is 2.33. The number of hydrazine groups is 1. The predicted octanol–water partition coefficient (Wildman–Crippen LogP) is 3.19. The number of rotatable bonds is 5. The predicted molar refractivity (Wildman–Crippen MR) is 77.9 cm³/mol. The van der Waals surface area contributed by atoms with Crippen molar-refractivity contribution in [3.05, 3.63) is 28.3 Å². The molecule has 1 aliphatic heterocycles. The van der Waals surface area contributed by atoms with Gasteiger partial charge in [-0.05, 0) is 38.8 Å². The summed E-state index contributed by atoms with van der Waals surface area (Å²) in [5, 5.41) is 13.4. The second-order valence-corrected chi connectivity index (χ2v) is 5.24. The van der Waals surface area contributed by atoms with Gasteiger partial charge in [0, 0.05) is 13.1 Å². The van der Waals surface area contributed by atoms with Crippen molar-refractivity contribution in [3.63, 3.8) is 0 Å². The molecule has 20 heavy (non-hydrogen) atoms. The van der Waals surface area contributed by atoms with Crippen molar-refractivity contribution < 1.29 is 9.66 Å². The molecule has 1 aromatic carbocycles. The Kier molecular flexibility index (Phi) is 4.79. The maximum absolute atomic E-state index is 11.3. The van der Waals surface area contributed by atoms with E-state index in [4.69, 9.17) is 4.74 Å². The van der Waals surface area contributed by atoms with Crippen LogP contribution in [0, 0.1) is 10.1 Å². The van der Waals surface area contributed by atoms with Crippen molar-refractivity contribution in [2.24, 2.45) is 0 Å². The first-order valence-corrected chi connectivity index (χ1v) is 7.03. The van der Waals surface area contributed by atoms with Crippen molar-refractivity contribution >= 4 is 11.4 Å². The first-order valence-electron chi connectivity index (χ1n) is 7.03. The number of hydrogen-bond donors (Lipinski definition) is 1. The lowest BCUT2D eigenvalue weighted by molar-refractivity contribution is -0.385. The van der Waals surface area contributed by atoms with E-state index in [1.54, 1.807) is 18.2 Å². The molecule has 0 bridgehead atoms. The van der Waals surface area contributed by atoms with E-state index in [1.165, 1.54) is 6.42 Å². The normalized spacial score (nSPS) is 16.1. The fourth-order valence-electron chi connectivity index (χ4n) is 2.33. The summed E-state index contributed by atoms with van der Waals surface area (Å²) in [7, 11) is 0. The standard InChI is InChI=1S/C14H21N3O3/c1-11(2)20-13-8-6-7-12(14(13)17(18)19)15-16-9-4-3-5-10-16/h6-8,11,15H,3-5,9-10H2,1-2H3. The second-order valence-electron chi connectivity index (χ2n) is 5.24. The van der Waals surface area contributed by atoms with Crippen molar-refractivity contribution in [1.82, 2.24) is 5.01 Å². The molecule has 0 atom stereocenters. The molecule has 0 unspecified atom stereocenters. The molecule has 1 aliphatic rings.